The van der Waals surface area contributed by atoms with Crippen LogP contribution in [0.2, 0.25) is 0 Å². The van der Waals surface area contributed by atoms with Crippen LogP contribution in [0.25, 0.3) is 0 Å². The molecule has 0 saturated heterocycles. The van der Waals surface area contributed by atoms with Gasteiger partial charge in [-0.2, -0.15) is 5.10 Å². The Morgan fingerprint density at radius 1 is 1.21 bits per heavy atom. The van der Waals surface area contributed by atoms with E-state index in [2.05, 4.69) is 26.5 Å². The van der Waals surface area contributed by atoms with E-state index in [4.69, 9.17) is 9.47 Å². The van der Waals surface area contributed by atoms with Crippen LogP contribution in [0, 0.1) is 0 Å². The number of halogens is 1. The van der Waals surface area contributed by atoms with Gasteiger partial charge in [0, 0.05) is 10.0 Å². The number of nitrogens with zero attached hydrogens (tertiary/aromatic N) is 1. The summed E-state index contributed by atoms with van der Waals surface area (Å²) in [5.74, 6) is 0.944. The van der Waals surface area contributed by atoms with Crippen molar-refractivity contribution in [3.05, 3.63) is 52.5 Å². The number of hydrogen-bond acceptors (Lipinski definition) is 5. The van der Waals surface area contributed by atoms with Crippen LogP contribution in [0.3, 0.4) is 0 Å². The first-order valence-corrected chi connectivity index (χ1v) is 7.88. The zero-order valence-corrected chi connectivity index (χ0v) is 14.8. The summed E-state index contributed by atoms with van der Waals surface area (Å²) in [5.41, 5.74) is 3.40. The molecule has 7 heteroatoms. The number of hydrazone groups is 1. The highest BCUT2D eigenvalue weighted by Crippen LogP contribution is 2.22. The Bertz CT molecular complexity index is 745. The molecule has 0 saturated carbocycles. The molecule has 0 spiro atoms. The highest BCUT2D eigenvalue weighted by Gasteiger charge is 2.07. The predicted octanol–water partition coefficient (Wildman–Crippen LogP) is 3.08. The van der Waals surface area contributed by atoms with Crippen molar-refractivity contribution in [3.8, 4) is 17.2 Å². The molecule has 0 aliphatic carbocycles. The molecular weight excluding hydrogens is 376 g/mol. The largest absolute Gasteiger partial charge is 0.507 e. The maximum atomic E-state index is 11.8. The van der Waals surface area contributed by atoms with Crippen molar-refractivity contribution in [3.63, 3.8) is 0 Å². The Hall–Kier alpha value is -2.54. The third-order valence-corrected chi connectivity index (χ3v) is 3.62. The third-order valence-electron chi connectivity index (χ3n) is 3.13. The van der Waals surface area contributed by atoms with Gasteiger partial charge in [-0.15, -0.1) is 0 Å². The molecule has 6 nitrogen and oxygen atoms in total. The van der Waals surface area contributed by atoms with Gasteiger partial charge in [-0.05, 0) is 49.4 Å². The van der Waals surface area contributed by atoms with Crippen molar-refractivity contribution in [2.24, 2.45) is 5.10 Å². The molecule has 2 N–H and O–H groups in total. The predicted molar refractivity (Wildman–Crippen MR) is 94.6 cm³/mol. The van der Waals surface area contributed by atoms with Crippen LogP contribution in [-0.2, 0) is 4.79 Å². The third kappa shape index (κ3) is 4.99. The van der Waals surface area contributed by atoms with Gasteiger partial charge in [-0.25, -0.2) is 5.43 Å². The normalized spacial score (nSPS) is 11.0. The molecular formula is C17H17BrN2O4. The van der Waals surface area contributed by atoms with E-state index >= 15 is 0 Å². The first-order chi connectivity index (χ1) is 11.5. The lowest BCUT2D eigenvalue weighted by Gasteiger charge is -2.07. The van der Waals surface area contributed by atoms with Gasteiger partial charge in [0.15, 0.2) is 6.61 Å². The first kappa shape index (κ1) is 17.8. The Balaban J connectivity index is 1.90. The minimum absolute atomic E-state index is 0.0863. The molecule has 24 heavy (non-hydrogen) atoms. The molecule has 0 fully saturated rings. The minimum atomic E-state index is -0.403. The molecule has 0 aromatic heterocycles. The van der Waals surface area contributed by atoms with Crippen LogP contribution in [0.1, 0.15) is 12.5 Å². The average Bonchev–Trinajstić information content (AvgIpc) is 2.60. The molecule has 0 atom stereocenters. The van der Waals surface area contributed by atoms with Gasteiger partial charge in [0.25, 0.3) is 5.91 Å². The highest BCUT2D eigenvalue weighted by molar-refractivity contribution is 9.10. The number of aromatic hydroxyl groups is 1. The van der Waals surface area contributed by atoms with Gasteiger partial charge < -0.3 is 14.6 Å². The summed E-state index contributed by atoms with van der Waals surface area (Å²) in [5, 5.41) is 13.8. The lowest BCUT2D eigenvalue weighted by Crippen LogP contribution is -2.25. The zero-order chi connectivity index (χ0) is 17.5. The van der Waals surface area contributed by atoms with E-state index in [0.29, 0.717) is 22.8 Å². The van der Waals surface area contributed by atoms with Crippen molar-refractivity contribution < 1.29 is 19.4 Å². The number of nitrogens with one attached hydrogen (secondary N) is 1. The topological polar surface area (TPSA) is 80.2 Å². The van der Waals surface area contributed by atoms with Gasteiger partial charge in [-0.1, -0.05) is 15.9 Å². The summed E-state index contributed by atoms with van der Waals surface area (Å²) in [6.45, 7) is 1.51. The fourth-order valence-corrected chi connectivity index (χ4v) is 2.22. The molecule has 0 bridgehead atoms. The summed E-state index contributed by atoms with van der Waals surface area (Å²) in [6.07, 6.45) is 0. The maximum Gasteiger partial charge on any atom is 0.277 e. The molecule has 2 aromatic rings. The molecule has 0 heterocycles. The fourth-order valence-electron chi connectivity index (χ4n) is 1.86. The number of amides is 1. The van der Waals surface area contributed by atoms with E-state index in [1.807, 2.05) is 0 Å². The van der Waals surface area contributed by atoms with E-state index in [9.17, 15) is 9.90 Å². The summed E-state index contributed by atoms with van der Waals surface area (Å²) in [6, 6.07) is 11.9. The molecule has 0 radical (unpaired) electrons. The Morgan fingerprint density at radius 3 is 2.54 bits per heavy atom. The van der Waals surface area contributed by atoms with Crippen molar-refractivity contribution in [2.75, 3.05) is 13.7 Å². The number of ether oxygens (including phenoxy) is 2. The summed E-state index contributed by atoms with van der Waals surface area (Å²) in [4.78, 5) is 11.8. The molecule has 0 unspecified atom stereocenters. The molecule has 0 aliphatic rings. The summed E-state index contributed by atoms with van der Waals surface area (Å²) in [7, 11) is 1.58. The van der Waals surface area contributed by atoms with Crippen molar-refractivity contribution >= 4 is 27.5 Å². The van der Waals surface area contributed by atoms with Crippen molar-refractivity contribution in [1.82, 2.24) is 5.43 Å². The van der Waals surface area contributed by atoms with Crippen LogP contribution in [-0.4, -0.2) is 30.4 Å². The van der Waals surface area contributed by atoms with Gasteiger partial charge >= 0.3 is 0 Å². The number of methoxy groups -OCH3 is 1. The minimum Gasteiger partial charge on any atom is -0.507 e. The van der Waals surface area contributed by atoms with Crippen LogP contribution in [0.5, 0.6) is 17.2 Å². The van der Waals surface area contributed by atoms with Crippen molar-refractivity contribution in [2.45, 2.75) is 6.92 Å². The molecule has 2 rings (SSSR count). The lowest BCUT2D eigenvalue weighted by molar-refractivity contribution is -0.123. The molecule has 0 aliphatic heterocycles. The van der Waals surface area contributed by atoms with Crippen LogP contribution in [0.15, 0.2) is 52.0 Å². The van der Waals surface area contributed by atoms with E-state index in [1.165, 1.54) is 0 Å². The zero-order valence-electron chi connectivity index (χ0n) is 13.2. The quantitative estimate of drug-likeness (QED) is 0.584. The van der Waals surface area contributed by atoms with E-state index < -0.39 is 5.91 Å². The first-order valence-electron chi connectivity index (χ1n) is 7.08. The number of carbonyl (C=O) groups excluding carboxylic acids is 1. The number of benzene rings is 2. The van der Waals surface area contributed by atoms with E-state index in [1.54, 1.807) is 56.5 Å². The average molecular weight is 393 g/mol. The Labute approximate surface area is 148 Å². The standard InChI is InChI=1S/C17H17BrN2O4/c1-11(15-9-12(18)3-8-16(15)21)19-20-17(22)10-24-14-6-4-13(23-2)5-7-14/h3-9,21H,10H2,1-2H3,(H,20,22)/b19-11+. The van der Waals surface area contributed by atoms with Crippen LogP contribution < -0.4 is 14.9 Å². The number of phenols is 1. The van der Waals surface area contributed by atoms with Gasteiger partial charge in [0.2, 0.25) is 0 Å². The van der Waals surface area contributed by atoms with Crippen LogP contribution >= 0.6 is 15.9 Å². The van der Waals surface area contributed by atoms with Gasteiger partial charge in [-0.3, -0.25) is 4.79 Å². The second-order valence-electron chi connectivity index (χ2n) is 4.86. The Kier molecular flexibility index (Phi) is 6.20. The Morgan fingerprint density at radius 2 is 1.88 bits per heavy atom. The van der Waals surface area contributed by atoms with E-state index in [0.717, 1.165) is 4.47 Å². The number of hydrogen-bond donors (Lipinski definition) is 2. The SMILES string of the molecule is COc1ccc(OCC(=O)N/N=C(\C)c2cc(Br)ccc2O)cc1. The molecule has 1 amide bonds. The van der Waals surface area contributed by atoms with E-state index in [-0.39, 0.29) is 12.4 Å². The lowest BCUT2D eigenvalue weighted by atomic mass is 10.1. The molecule has 2 aromatic carbocycles. The summed E-state index contributed by atoms with van der Waals surface area (Å²) < 4.78 is 11.2. The number of carbonyl (C=O) groups is 1. The highest BCUT2D eigenvalue weighted by atomic mass is 79.9. The van der Waals surface area contributed by atoms with Gasteiger partial charge in [0.1, 0.15) is 17.2 Å². The smallest absolute Gasteiger partial charge is 0.277 e. The number of phenolic OH excluding ortho intramolecular Hbond substituents is 1. The number of rotatable bonds is 6. The van der Waals surface area contributed by atoms with Gasteiger partial charge in [0.05, 0.1) is 12.8 Å². The second kappa shape index (κ2) is 8.35. The maximum absolute atomic E-state index is 11.8. The van der Waals surface area contributed by atoms with Crippen LogP contribution in [0.4, 0.5) is 0 Å². The monoisotopic (exact) mass is 392 g/mol. The fraction of sp³-hybridized carbons (Fsp3) is 0.176. The summed E-state index contributed by atoms with van der Waals surface area (Å²) >= 11 is 3.32. The molecule has 126 valence electrons. The van der Waals surface area contributed by atoms with Crippen molar-refractivity contribution in [1.29, 1.82) is 0 Å². The second-order valence-corrected chi connectivity index (χ2v) is 5.77.